The Morgan fingerprint density at radius 3 is 2.38 bits per heavy atom. The molecule has 0 aromatic rings. The summed E-state index contributed by atoms with van der Waals surface area (Å²) >= 11 is 0. The van der Waals surface area contributed by atoms with Gasteiger partial charge in [0.05, 0.1) is 12.2 Å². The fraction of sp³-hybridized carbons (Fsp3) is 1.00. The maximum atomic E-state index is 9.77. The zero-order valence-corrected chi connectivity index (χ0v) is 8.60. The van der Waals surface area contributed by atoms with E-state index in [0.29, 0.717) is 24.0 Å². The van der Waals surface area contributed by atoms with E-state index in [2.05, 4.69) is 19.0 Å². The molecule has 2 fully saturated rings. The zero-order valence-electron chi connectivity index (χ0n) is 8.60. The van der Waals surface area contributed by atoms with Crippen LogP contribution in [-0.2, 0) is 4.74 Å². The highest BCUT2D eigenvalue weighted by Gasteiger charge is 2.53. The second-order valence-corrected chi connectivity index (χ2v) is 4.59. The van der Waals surface area contributed by atoms with E-state index in [1.807, 2.05) is 0 Å². The van der Waals surface area contributed by atoms with Gasteiger partial charge in [-0.3, -0.25) is 0 Å². The van der Waals surface area contributed by atoms with Gasteiger partial charge in [0.15, 0.2) is 0 Å². The van der Waals surface area contributed by atoms with E-state index < -0.39 is 0 Å². The predicted octanol–water partition coefficient (Wildman–Crippen LogP) is 0.332. The Balaban J connectivity index is 2.14. The molecule has 0 aliphatic heterocycles. The third-order valence-corrected chi connectivity index (χ3v) is 3.77. The van der Waals surface area contributed by atoms with Gasteiger partial charge < -0.3 is 14.7 Å². The third-order valence-electron chi connectivity index (χ3n) is 3.77. The van der Waals surface area contributed by atoms with Crippen molar-refractivity contribution in [3.8, 4) is 0 Å². The van der Waals surface area contributed by atoms with Crippen molar-refractivity contribution in [2.45, 2.75) is 31.1 Å². The second kappa shape index (κ2) is 3.23. The van der Waals surface area contributed by atoms with Crippen molar-refractivity contribution >= 4 is 0 Å². The average Bonchev–Trinajstić information content (AvgIpc) is 2.56. The molecule has 0 saturated heterocycles. The van der Waals surface area contributed by atoms with Crippen LogP contribution in [0.4, 0.5) is 0 Å². The topological polar surface area (TPSA) is 32.7 Å². The number of fused-ring (bicyclic) bond motifs is 2. The van der Waals surface area contributed by atoms with Crippen LogP contribution in [0.5, 0.6) is 0 Å². The first-order valence-electron chi connectivity index (χ1n) is 5.02. The molecule has 3 heteroatoms. The molecule has 0 radical (unpaired) electrons. The Bertz CT molecular complexity index is 195. The number of methoxy groups -OCH3 is 1. The van der Waals surface area contributed by atoms with Gasteiger partial charge in [-0.05, 0) is 26.9 Å². The van der Waals surface area contributed by atoms with Crippen molar-refractivity contribution in [2.75, 3.05) is 21.2 Å². The summed E-state index contributed by atoms with van der Waals surface area (Å²) in [6.45, 7) is 0. The van der Waals surface area contributed by atoms with E-state index in [4.69, 9.17) is 4.74 Å². The summed E-state index contributed by atoms with van der Waals surface area (Å²) < 4.78 is 5.44. The summed E-state index contributed by atoms with van der Waals surface area (Å²) in [6.07, 6.45) is 2.24. The highest BCUT2D eigenvalue weighted by atomic mass is 16.5. The molecule has 2 aliphatic rings. The van der Waals surface area contributed by atoms with Crippen LogP contribution >= 0.6 is 0 Å². The number of hydrogen-bond acceptors (Lipinski definition) is 3. The quantitative estimate of drug-likeness (QED) is 0.673. The van der Waals surface area contributed by atoms with Crippen molar-refractivity contribution in [1.82, 2.24) is 4.90 Å². The number of rotatable bonds is 2. The Morgan fingerprint density at radius 2 is 1.92 bits per heavy atom. The summed E-state index contributed by atoms with van der Waals surface area (Å²) in [4.78, 5) is 2.24. The maximum absolute atomic E-state index is 9.77. The largest absolute Gasteiger partial charge is 0.393 e. The van der Waals surface area contributed by atoms with Crippen molar-refractivity contribution < 1.29 is 9.84 Å². The lowest BCUT2D eigenvalue weighted by molar-refractivity contribution is 0.0152. The number of ether oxygens (including phenoxy) is 1. The van der Waals surface area contributed by atoms with Crippen LogP contribution in [0.15, 0.2) is 0 Å². The molecule has 13 heavy (non-hydrogen) atoms. The number of aliphatic hydroxyl groups is 1. The number of hydrogen-bond donors (Lipinski definition) is 1. The summed E-state index contributed by atoms with van der Waals surface area (Å²) in [7, 11) is 5.98. The van der Waals surface area contributed by atoms with Crippen LogP contribution in [0.1, 0.15) is 12.8 Å². The first-order valence-corrected chi connectivity index (χ1v) is 5.02. The average molecular weight is 185 g/mol. The fourth-order valence-corrected chi connectivity index (χ4v) is 3.29. The number of nitrogens with zero attached hydrogens (tertiary/aromatic N) is 1. The lowest BCUT2D eigenvalue weighted by Gasteiger charge is -2.24. The molecule has 76 valence electrons. The molecular formula is C10H19NO2. The van der Waals surface area contributed by atoms with Gasteiger partial charge in [-0.1, -0.05) is 0 Å². The van der Waals surface area contributed by atoms with E-state index in [-0.39, 0.29) is 6.10 Å². The Labute approximate surface area is 79.7 Å². The SMILES string of the molecule is COC1CC2C(O)CC1C2N(C)C. The van der Waals surface area contributed by atoms with Gasteiger partial charge in [0.1, 0.15) is 0 Å². The molecule has 2 rings (SSSR count). The summed E-state index contributed by atoms with van der Waals surface area (Å²) in [5, 5.41) is 9.77. The van der Waals surface area contributed by atoms with Crippen LogP contribution < -0.4 is 0 Å². The molecule has 1 N–H and O–H groups in total. The molecule has 0 amide bonds. The number of aliphatic hydroxyl groups excluding tert-OH is 1. The molecule has 3 nitrogen and oxygen atoms in total. The Hall–Kier alpha value is -0.120. The lowest BCUT2D eigenvalue weighted by Crippen LogP contribution is -2.34. The molecule has 5 atom stereocenters. The fourth-order valence-electron chi connectivity index (χ4n) is 3.29. The minimum absolute atomic E-state index is 0.0937. The standard InChI is InChI=1S/C10H19NO2/c1-11(2)10-6-5-9(13-3)7(10)4-8(6)12/h6-10,12H,4-5H2,1-3H3. The van der Waals surface area contributed by atoms with Crippen molar-refractivity contribution in [2.24, 2.45) is 11.8 Å². The molecule has 2 aliphatic carbocycles. The zero-order chi connectivity index (χ0) is 9.59. The van der Waals surface area contributed by atoms with E-state index in [9.17, 15) is 5.11 Å². The minimum Gasteiger partial charge on any atom is -0.393 e. The summed E-state index contributed by atoms with van der Waals surface area (Å²) in [5.41, 5.74) is 0. The Kier molecular flexibility index (Phi) is 2.34. The minimum atomic E-state index is -0.0937. The summed E-state index contributed by atoms with van der Waals surface area (Å²) in [5.74, 6) is 0.977. The van der Waals surface area contributed by atoms with Crippen LogP contribution in [0.3, 0.4) is 0 Å². The van der Waals surface area contributed by atoms with Gasteiger partial charge in [0.25, 0.3) is 0 Å². The predicted molar refractivity (Wildman–Crippen MR) is 50.5 cm³/mol. The van der Waals surface area contributed by atoms with Crippen molar-refractivity contribution in [3.05, 3.63) is 0 Å². The highest BCUT2D eigenvalue weighted by Crippen LogP contribution is 2.47. The van der Waals surface area contributed by atoms with Crippen molar-refractivity contribution in [1.29, 1.82) is 0 Å². The first-order chi connectivity index (χ1) is 6.15. The van der Waals surface area contributed by atoms with E-state index in [1.54, 1.807) is 7.11 Å². The maximum Gasteiger partial charge on any atom is 0.0619 e. The highest BCUT2D eigenvalue weighted by molar-refractivity contribution is 5.06. The molecule has 0 heterocycles. The smallest absolute Gasteiger partial charge is 0.0619 e. The van der Waals surface area contributed by atoms with Gasteiger partial charge in [-0.15, -0.1) is 0 Å². The third kappa shape index (κ3) is 1.30. The molecule has 2 saturated carbocycles. The van der Waals surface area contributed by atoms with Gasteiger partial charge in [-0.2, -0.15) is 0 Å². The summed E-state index contributed by atoms with van der Waals surface area (Å²) in [6, 6.07) is 0.528. The van der Waals surface area contributed by atoms with Crippen LogP contribution in [0, 0.1) is 11.8 Å². The molecule has 0 aromatic carbocycles. The molecule has 2 bridgehead atoms. The molecule has 5 unspecified atom stereocenters. The molecule has 0 spiro atoms. The van der Waals surface area contributed by atoms with E-state index in [1.165, 1.54) is 0 Å². The van der Waals surface area contributed by atoms with E-state index >= 15 is 0 Å². The van der Waals surface area contributed by atoms with Gasteiger partial charge in [0.2, 0.25) is 0 Å². The second-order valence-electron chi connectivity index (χ2n) is 4.59. The van der Waals surface area contributed by atoms with Crippen molar-refractivity contribution in [3.63, 3.8) is 0 Å². The first kappa shape index (κ1) is 9.44. The normalized spacial score (nSPS) is 49.2. The van der Waals surface area contributed by atoms with Crippen LogP contribution in [0.2, 0.25) is 0 Å². The van der Waals surface area contributed by atoms with Gasteiger partial charge >= 0.3 is 0 Å². The van der Waals surface area contributed by atoms with E-state index in [0.717, 1.165) is 12.8 Å². The molecule has 0 aromatic heterocycles. The molecular weight excluding hydrogens is 166 g/mol. The van der Waals surface area contributed by atoms with Crippen LogP contribution in [-0.4, -0.2) is 49.5 Å². The van der Waals surface area contributed by atoms with Gasteiger partial charge in [-0.25, -0.2) is 0 Å². The van der Waals surface area contributed by atoms with Gasteiger partial charge in [0, 0.05) is 25.0 Å². The monoisotopic (exact) mass is 185 g/mol. The Morgan fingerprint density at radius 1 is 1.23 bits per heavy atom. The lowest BCUT2D eigenvalue weighted by atomic mass is 9.95. The van der Waals surface area contributed by atoms with Crippen LogP contribution in [0.25, 0.3) is 0 Å².